The van der Waals surface area contributed by atoms with Crippen LogP contribution in [0.1, 0.15) is 25.7 Å². The van der Waals surface area contributed by atoms with E-state index < -0.39 is 30.4 Å². The van der Waals surface area contributed by atoms with Crippen molar-refractivity contribution in [2.24, 2.45) is 0 Å². The Bertz CT molecular complexity index is 366. The van der Waals surface area contributed by atoms with Gasteiger partial charge in [0.2, 0.25) is 0 Å². The zero-order valence-electron chi connectivity index (χ0n) is 9.76. The van der Waals surface area contributed by atoms with E-state index in [1.54, 1.807) is 0 Å². The number of carbonyl (C=O) groups excluding carboxylic acids is 1. The number of rotatable bonds is 5. The van der Waals surface area contributed by atoms with Gasteiger partial charge >= 0.3 is 18.0 Å². The summed E-state index contributed by atoms with van der Waals surface area (Å²) in [5, 5.41) is 22.0. The number of carboxylic acids is 2. The number of hydrogen-bond donors (Lipinski definition) is 4. The Morgan fingerprint density at radius 2 is 2.00 bits per heavy atom. The van der Waals surface area contributed by atoms with Crippen molar-refractivity contribution in [2.75, 3.05) is 0 Å². The van der Waals surface area contributed by atoms with Crippen molar-refractivity contribution in [3.63, 3.8) is 0 Å². The molecule has 2 unspecified atom stereocenters. The second-order valence-corrected chi connectivity index (χ2v) is 4.09. The Morgan fingerprint density at radius 3 is 2.50 bits per heavy atom. The molecule has 0 aromatic heterocycles. The molecule has 4 N–H and O–H groups in total. The molecule has 2 amide bonds. The zero-order chi connectivity index (χ0) is 13.5. The molecule has 0 fully saturated rings. The molecule has 0 radical (unpaired) electrons. The maximum atomic E-state index is 11.5. The Hall–Kier alpha value is -2.05. The highest BCUT2D eigenvalue weighted by Crippen LogP contribution is 2.10. The highest BCUT2D eigenvalue weighted by atomic mass is 16.4. The third-order valence-corrected chi connectivity index (χ3v) is 2.59. The number of aliphatic carboxylic acids is 2. The summed E-state index contributed by atoms with van der Waals surface area (Å²) in [5.41, 5.74) is 0. The number of nitrogens with one attached hydrogen (secondary N) is 2. The van der Waals surface area contributed by atoms with Crippen molar-refractivity contribution in [3.05, 3.63) is 12.2 Å². The molecule has 1 rings (SSSR count). The second-order valence-electron chi connectivity index (χ2n) is 4.09. The lowest BCUT2D eigenvalue weighted by molar-refractivity contribution is -0.145. The van der Waals surface area contributed by atoms with Crippen LogP contribution < -0.4 is 10.6 Å². The summed E-state index contributed by atoms with van der Waals surface area (Å²) in [4.78, 5) is 32.7. The number of carboxylic acid groups (broad SMARTS) is 2. The predicted molar refractivity (Wildman–Crippen MR) is 62.1 cm³/mol. The van der Waals surface area contributed by atoms with E-state index in [2.05, 4.69) is 10.6 Å². The van der Waals surface area contributed by atoms with Crippen LogP contribution in [0.3, 0.4) is 0 Å². The van der Waals surface area contributed by atoms with E-state index in [1.807, 2.05) is 12.2 Å². The molecule has 0 spiro atoms. The topological polar surface area (TPSA) is 116 Å². The fraction of sp³-hybridized carbons (Fsp3) is 0.545. The first-order chi connectivity index (χ1) is 8.49. The summed E-state index contributed by atoms with van der Waals surface area (Å²) >= 11 is 0. The molecule has 100 valence electrons. The highest BCUT2D eigenvalue weighted by Gasteiger charge is 2.24. The van der Waals surface area contributed by atoms with Crippen molar-refractivity contribution in [1.82, 2.24) is 10.6 Å². The minimum absolute atomic E-state index is 0.0331. The second kappa shape index (κ2) is 6.63. The predicted octanol–water partition coefficient (Wildman–Crippen LogP) is 0.322. The van der Waals surface area contributed by atoms with Crippen LogP contribution in [-0.2, 0) is 9.59 Å². The lowest BCUT2D eigenvalue weighted by Gasteiger charge is -2.21. The van der Waals surface area contributed by atoms with Crippen LogP contribution in [0.5, 0.6) is 0 Å². The standard InChI is InChI=1S/C11H16N2O5/c14-9(15)6-8(10(16)17)13-11(18)12-7-4-2-1-3-5-7/h1-2,7-8H,3-6H2,(H,14,15)(H,16,17)(H2,12,13,18). The van der Waals surface area contributed by atoms with Crippen LogP contribution in [0, 0.1) is 0 Å². The quantitative estimate of drug-likeness (QED) is 0.529. The van der Waals surface area contributed by atoms with Crippen LogP contribution in [0.25, 0.3) is 0 Å². The third-order valence-electron chi connectivity index (χ3n) is 2.59. The molecule has 0 saturated carbocycles. The molecule has 1 aliphatic carbocycles. The maximum Gasteiger partial charge on any atom is 0.326 e. The molecule has 0 aromatic rings. The van der Waals surface area contributed by atoms with Gasteiger partial charge in [0.15, 0.2) is 0 Å². The van der Waals surface area contributed by atoms with Gasteiger partial charge in [-0.15, -0.1) is 0 Å². The first kappa shape index (κ1) is 14.0. The summed E-state index contributed by atoms with van der Waals surface area (Å²) in [6.45, 7) is 0. The van der Waals surface area contributed by atoms with E-state index in [0.717, 1.165) is 12.8 Å². The van der Waals surface area contributed by atoms with Gasteiger partial charge in [-0.3, -0.25) is 4.79 Å². The van der Waals surface area contributed by atoms with Crippen LogP contribution in [0.2, 0.25) is 0 Å². The average Bonchev–Trinajstić information content (AvgIpc) is 2.28. The van der Waals surface area contributed by atoms with Gasteiger partial charge in [-0.1, -0.05) is 12.2 Å². The van der Waals surface area contributed by atoms with E-state index in [4.69, 9.17) is 10.2 Å². The summed E-state index contributed by atoms with van der Waals surface area (Å²) in [6.07, 6.45) is 5.67. The molecule has 18 heavy (non-hydrogen) atoms. The first-order valence-corrected chi connectivity index (χ1v) is 5.65. The minimum Gasteiger partial charge on any atom is -0.481 e. The van der Waals surface area contributed by atoms with E-state index >= 15 is 0 Å². The summed E-state index contributed by atoms with van der Waals surface area (Å²) in [5.74, 6) is -2.64. The number of carbonyl (C=O) groups is 3. The Labute approximate surface area is 104 Å². The average molecular weight is 256 g/mol. The molecule has 1 aliphatic rings. The van der Waals surface area contributed by atoms with Crippen molar-refractivity contribution in [1.29, 1.82) is 0 Å². The molecular weight excluding hydrogens is 240 g/mol. The lowest BCUT2D eigenvalue weighted by Crippen LogP contribution is -2.49. The number of hydrogen-bond acceptors (Lipinski definition) is 3. The molecule has 7 nitrogen and oxygen atoms in total. The fourth-order valence-corrected chi connectivity index (χ4v) is 1.68. The minimum atomic E-state index is -1.42. The van der Waals surface area contributed by atoms with E-state index in [1.165, 1.54) is 0 Å². The molecule has 7 heteroatoms. The monoisotopic (exact) mass is 256 g/mol. The first-order valence-electron chi connectivity index (χ1n) is 5.65. The van der Waals surface area contributed by atoms with Gasteiger partial charge in [-0.05, 0) is 19.3 Å². The molecule has 0 heterocycles. The Morgan fingerprint density at radius 1 is 1.28 bits per heavy atom. The largest absolute Gasteiger partial charge is 0.481 e. The van der Waals surface area contributed by atoms with Crippen LogP contribution >= 0.6 is 0 Å². The molecule has 0 aromatic carbocycles. The van der Waals surface area contributed by atoms with E-state index in [9.17, 15) is 14.4 Å². The molecule has 0 saturated heterocycles. The van der Waals surface area contributed by atoms with E-state index in [-0.39, 0.29) is 6.04 Å². The van der Waals surface area contributed by atoms with Gasteiger partial charge < -0.3 is 20.8 Å². The van der Waals surface area contributed by atoms with Crippen molar-refractivity contribution in [2.45, 2.75) is 37.8 Å². The number of allylic oxidation sites excluding steroid dienone is 1. The normalized spacial score (nSPS) is 19.9. The third kappa shape index (κ3) is 4.86. The number of urea groups is 1. The van der Waals surface area contributed by atoms with Crippen molar-refractivity contribution >= 4 is 18.0 Å². The molecule has 0 aliphatic heterocycles. The van der Waals surface area contributed by atoms with Gasteiger partial charge in [-0.25, -0.2) is 9.59 Å². The lowest BCUT2D eigenvalue weighted by atomic mass is 10.0. The zero-order valence-corrected chi connectivity index (χ0v) is 9.76. The van der Waals surface area contributed by atoms with Gasteiger partial charge in [0.05, 0.1) is 6.42 Å². The maximum absolute atomic E-state index is 11.5. The Kier molecular flexibility index (Phi) is 5.16. The summed E-state index contributed by atoms with van der Waals surface area (Å²) in [6, 6.07) is -2.10. The van der Waals surface area contributed by atoms with Gasteiger partial charge in [-0.2, -0.15) is 0 Å². The molecule has 2 atom stereocenters. The summed E-state index contributed by atoms with van der Waals surface area (Å²) in [7, 11) is 0. The van der Waals surface area contributed by atoms with Crippen LogP contribution in [0.15, 0.2) is 12.2 Å². The van der Waals surface area contributed by atoms with Crippen molar-refractivity contribution in [3.8, 4) is 0 Å². The van der Waals surface area contributed by atoms with Gasteiger partial charge in [0.25, 0.3) is 0 Å². The fourth-order valence-electron chi connectivity index (χ4n) is 1.68. The smallest absolute Gasteiger partial charge is 0.326 e. The number of amides is 2. The van der Waals surface area contributed by atoms with Crippen LogP contribution in [0.4, 0.5) is 4.79 Å². The van der Waals surface area contributed by atoms with Crippen molar-refractivity contribution < 1.29 is 24.6 Å². The van der Waals surface area contributed by atoms with Crippen LogP contribution in [-0.4, -0.2) is 40.3 Å². The van der Waals surface area contributed by atoms with E-state index in [0.29, 0.717) is 6.42 Å². The SMILES string of the molecule is O=C(O)CC(NC(=O)NC1CC=CCC1)C(=O)O. The molecular formula is C11H16N2O5. The Balaban J connectivity index is 2.43. The molecule has 0 bridgehead atoms. The highest BCUT2D eigenvalue weighted by molar-refractivity contribution is 5.86. The van der Waals surface area contributed by atoms with Gasteiger partial charge in [0.1, 0.15) is 6.04 Å². The summed E-state index contributed by atoms with van der Waals surface area (Å²) < 4.78 is 0. The van der Waals surface area contributed by atoms with Gasteiger partial charge in [0, 0.05) is 6.04 Å².